The number of hydrogen-bond acceptors (Lipinski definition) is 19. The molecule has 18 rings (SSSR count). The first kappa shape index (κ1) is 73.1. The molecule has 6 fully saturated rings. The van der Waals surface area contributed by atoms with E-state index in [1.165, 1.54) is 31.6 Å². The van der Waals surface area contributed by atoms with Gasteiger partial charge in [0.25, 0.3) is 0 Å². The predicted molar refractivity (Wildman–Crippen MR) is 426 cm³/mol. The molecule has 0 spiro atoms. The zero-order valence-corrected chi connectivity index (χ0v) is 61.7. The van der Waals surface area contributed by atoms with Gasteiger partial charge in [0, 0.05) is 162 Å². The first-order valence-corrected chi connectivity index (χ1v) is 38.3. The highest BCUT2D eigenvalue weighted by Gasteiger charge is 2.28. The molecule has 6 aromatic heterocycles. The largest absolute Gasteiger partial charge is 0.492 e. The number of aromatic nitrogens is 6. The van der Waals surface area contributed by atoms with Crippen LogP contribution in [0.4, 0.5) is 11.4 Å². The normalized spacial score (nSPS) is 16.5. The molecule has 0 radical (unpaired) electrons. The summed E-state index contributed by atoms with van der Waals surface area (Å²) in [5, 5.41) is 51.8. The summed E-state index contributed by atoms with van der Waals surface area (Å²) in [6.45, 7) is 12.7. The number of hydrogen-bond donors (Lipinski definition) is 4. The summed E-state index contributed by atoms with van der Waals surface area (Å²) < 4.78 is 46.1. The molecular weight excluding hydrogens is 1400 g/mol. The van der Waals surface area contributed by atoms with Crippen LogP contribution in [0, 0.1) is 45.3 Å². The second-order valence-electron chi connectivity index (χ2n) is 28.6. The minimum Gasteiger partial charge on any atom is -0.492 e. The van der Waals surface area contributed by atoms with Crippen molar-refractivity contribution in [2.45, 2.75) is 75.8 Å². The molecule has 22 heteroatoms. The molecule has 0 unspecified atom stereocenters. The van der Waals surface area contributed by atoms with E-state index in [0.717, 1.165) is 183 Å². The Hall–Kier alpha value is -12.1. The number of pyridine rings is 3. The van der Waals surface area contributed by atoms with Gasteiger partial charge in [-0.2, -0.15) is 21.0 Å². The molecule has 22 nitrogen and oxygen atoms in total. The minimum atomic E-state index is -0.317. The molecular formula is C89H85N13O9. The van der Waals surface area contributed by atoms with Crippen molar-refractivity contribution in [3.8, 4) is 115 Å². The summed E-state index contributed by atoms with van der Waals surface area (Å²) in [6.07, 6.45) is 12.8. The van der Waals surface area contributed by atoms with Gasteiger partial charge in [-0.3, -0.25) is 19.9 Å². The highest BCUT2D eigenvalue weighted by atomic mass is 16.5. The molecule has 0 saturated carbocycles. The maximum absolute atomic E-state index is 9.84. The molecule has 6 aromatic carbocycles. The first-order chi connectivity index (χ1) is 54.7. The van der Waals surface area contributed by atoms with E-state index in [-0.39, 0.29) is 24.4 Å². The number of ether oxygens (including phenoxy) is 8. The Kier molecular flexibility index (Phi) is 22.5. The third kappa shape index (κ3) is 16.9. The van der Waals surface area contributed by atoms with Gasteiger partial charge in [-0.15, -0.1) is 0 Å². The van der Waals surface area contributed by atoms with Crippen LogP contribution >= 0.6 is 0 Å². The number of aromatic amines is 3. The SMILES string of the molecule is N#Cc1cc(-c2cc3c(-c4ccc(OC5CCOCC5)c(C#N)c4)nccc3[nH]2)ccc1OC1CCOCC1.N#Cc1cc(-c2nccc3[nH]c(-c4ccc(N5CCOCC5)cc4)cc23)ccc1N1CC(O)C1.N#Cc1cc(-c2nccc3[nH]c(-c4ccc(OCCN5CCCC5)cc4)cc23)ccc1OC1CCOCC1. The fourth-order valence-corrected chi connectivity index (χ4v) is 15.3. The smallest absolute Gasteiger partial charge is 0.137 e. The number of likely N-dealkylation sites (tertiary alicyclic amines) is 1. The second-order valence-corrected chi connectivity index (χ2v) is 28.6. The maximum atomic E-state index is 9.84. The third-order valence-electron chi connectivity index (χ3n) is 21.4. The van der Waals surface area contributed by atoms with E-state index < -0.39 is 0 Å². The standard InChI is InChI=1S/C31H28N4O4.C31H32N4O3.C27H25N5O2/c32-18-22-15-20(1-3-29(22)38-24-6-11-36-12-7-24)28-17-26-27(35-28)5-10-34-31(26)21-2-4-30(23(16-21)19-33)39-25-8-13-37-14-9-25;32-21-24-19-23(5-8-30(24)38-26-10-16-36-17-11-26)31-27-20-29(34-28(27)9-12-33-31)22-3-6-25(7-4-22)37-18-15-35-13-1-2-14-35;28-15-20-13-19(3-6-26(20)32-16-22(33)17-32)27-23-14-25(30-24(23)7-8-29-27)18-1-4-21(5-2-18)31-9-11-34-12-10-31/h1-5,10,15-17,24-25,35H,6-9,11-14H2;3-9,12,19-20,26,34H,1-2,10-11,13-18H2;1-8,13-14,22,30,33H,9-12,16-17H2. The summed E-state index contributed by atoms with van der Waals surface area (Å²) in [6, 6.07) is 61.1. The minimum absolute atomic E-state index is 0.0530. The Morgan fingerprint density at radius 2 is 0.784 bits per heavy atom. The predicted octanol–water partition coefficient (Wildman–Crippen LogP) is 15.3. The lowest BCUT2D eigenvalue weighted by atomic mass is 10.0. The molecule has 4 N–H and O–H groups in total. The second kappa shape index (κ2) is 34.2. The van der Waals surface area contributed by atoms with Crippen molar-refractivity contribution < 1.29 is 43.0 Å². The van der Waals surface area contributed by atoms with E-state index in [0.29, 0.717) is 98.8 Å². The van der Waals surface area contributed by atoms with E-state index in [2.05, 4.69) is 113 Å². The molecule has 0 bridgehead atoms. The number of H-pyrrole nitrogens is 3. The van der Waals surface area contributed by atoms with Gasteiger partial charge >= 0.3 is 0 Å². The first-order valence-electron chi connectivity index (χ1n) is 38.3. The summed E-state index contributed by atoms with van der Waals surface area (Å²) in [7, 11) is 0. The highest BCUT2D eigenvalue weighted by Crippen LogP contribution is 2.40. The molecule has 12 heterocycles. The molecule has 12 aromatic rings. The number of fused-ring (bicyclic) bond motifs is 3. The number of nitrogens with zero attached hydrogens (tertiary/aromatic N) is 10. The Morgan fingerprint density at radius 1 is 0.405 bits per heavy atom. The molecule has 560 valence electrons. The van der Waals surface area contributed by atoms with Crippen molar-refractivity contribution in [1.82, 2.24) is 34.8 Å². The van der Waals surface area contributed by atoms with Gasteiger partial charge in [0.05, 0.1) is 104 Å². The van der Waals surface area contributed by atoms with Crippen molar-refractivity contribution in [2.75, 3.05) is 115 Å². The number of aliphatic hydroxyl groups is 1. The van der Waals surface area contributed by atoms with Crippen LogP contribution < -0.4 is 28.7 Å². The maximum Gasteiger partial charge on any atom is 0.137 e. The average molecular weight is 1480 g/mol. The van der Waals surface area contributed by atoms with Crippen molar-refractivity contribution in [1.29, 1.82) is 21.0 Å². The van der Waals surface area contributed by atoms with Gasteiger partial charge in [0.2, 0.25) is 0 Å². The van der Waals surface area contributed by atoms with Crippen LogP contribution in [0.15, 0.2) is 176 Å². The van der Waals surface area contributed by atoms with Crippen molar-refractivity contribution in [3.05, 3.63) is 199 Å². The van der Waals surface area contributed by atoms with Gasteiger partial charge in [0.1, 0.15) is 72.2 Å². The number of β-amino-alcohol motifs (C(OH)–C–C–N with tert-alkyl or cyclic N) is 1. The number of nitrogens with one attached hydrogen (secondary N) is 3. The molecule has 0 amide bonds. The molecule has 6 aliphatic heterocycles. The van der Waals surface area contributed by atoms with E-state index in [1.807, 2.05) is 114 Å². The van der Waals surface area contributed by atoms with Crippen LogP contribution in [0.25, 0.3) is 100 Å². The Bertz CT molecular complexity index is 5440. The Morgan fingerprint density at radius 3 is 1.22 bits per heavy atom. The van der Waals surface area contributed by atoms with E-state index in [9.17, 15) is 26.2 Å². The average Bonchev–Trinajstić information content (AvgIpc) is 1.72. The Balaban J connectivity index is 0.000000126. The van der Waals surface area contributed by atoms with Crippen LogP contribution in [0.1, 0.15) is 73.6 Å². The van der Waals surface area contributed by atoms with Crippen molar-refractivity contribution in [3.63, 3.8) is 0 Å². The van der Waals surface area contributed by atoms with Gasteiger partial charge in [0.15, 0.2) is 0 Å². The Labute approximate surface area is 643 Å². The lowest BCUT2D eigenvalue weighted by molar-refractivity contribution is 0.0252. The zero-order chi connectivity index (χ0) is 75.4. The molecule has 111 heavy (non-hydrogen) atoms. The van der Waals surface area contributed by atoms with Gasteiger partial charge in [-0.1, -0.05) is 18.2 Å². The summed E-state index contributed by atoms with van der Waals surface area (Å²) in [5.74, 6) is 2.69. The van der Waals surface area contributed by atoms with E-state index >= 15 is 0 Å². The van der Waals surface area contributed by atoms with Crippen LogP contribution in [0.2, 0.25) is 0 Å². The quantitative estimate of drug-likeness (QED) is 0.0621. The molecule has 6 aliphatic rings. The van der Waals surface area contributed by atoms with Crippen LogP contribution in [-0.2, 0) is 18.9 Å². The fourth-order valence-electron chi connectivity index (χ4n) is 15.3. The molecule has 0 atom stereocenters. The number of benzene rings is 6. The number of aliphatic hydroxyl groups excluding tert-OH is 1. The van der Waals surface area contributed by atoms with Crippen LogP contribution in [0.3, 0.4) is 0 Å². The topological polar surface area (TPSA) is 285 Å². The van der Waals surface area contributed by atoms with Crippen LogP contribution in [0.5, 0.6) is 23.0 Å². The van der Waals surface area contributed by atoms with Crippen molar-refractivity contribution in [2.24, 2.45) is 0 Å². The van der Waals surface area contributed by atoms with Crippen molar-refractivity contribution >= 4 is 44.1 Å². The zero-order valence-electron chi connectivity index (χ0n) is 61.7. The van der Waals surface area contributed by atoms with Gasteiger partial charge in [-0.05, 0) is 182 Å². The lowest BCUT2D eigenvalue weighted by Gasteiger charge is -2.38. The summed E-state index contributed by atoms with van der Waals surface area (Å²) in [4.78, 5) is 31.3. The lowest BCUT2D eigenvalue weighted by Crippen LogP contribution is -2.51. The molecule has 6 saturated heterocycles. The summed E-state index contributed by atoms with van der Waals surface area (Å²) >= 11 is 0. The number of nitriles is 4. The summed E-state index contributed by atoms with van der Waals surface area (Å²) in [5.41, 5.74) is 18.1. The third-order valence-corrected chi connectivity index (χ3v) is 21.4. The van der Waals surface area contributed by atoms with Gasteiger partial charge < -0.3 is 67.8 Å². The fraction of sp³-hybridized carbons (Fsp3) is 0.315. The monoisotopic (exact) mass is 1480 g/mol. The highest BCUT2D eigenvalue weighted by molar-refractivity contribution is 5.99. The van der Waals surface area contributed by atoms with Crippen LogP contribution in [-0.4, -0.2) is 170 Å². The molecule has 0 aliphatic carbocycles. The van der Waals surface area contributed by atoms with Gasteiger partial charge in [-0.25, -0.2) is 0 Å². The number of anilines is 2. The van der Waals surface area contributed by atoms with E-state index in [4.69, 9.17) is 37.9 Å². The van der Waals surface area contributed by atoms with E-state index in [1.54, 1.807) is 18.6 Å². The number of morpholine rings is 1. The number of rotatable bonds is 18.